The Morgan fingerprint density at radius 1 is 1.53 bits per heavy atom. The maximum absolute atomic E-state index is 13.2. The van der Waals surface area contributed by atoms with E-state index in [0.29, 0.717) is 12.8 Å². The quantitative estimate of drug-likeness (QED) is 0.800. The van der Waals surface area contributed by atoms with Crippen molar-refractivity contribution in [2.24, 2.45) is 11.8 Å². The molecule has 0 spiro atoms. The lowest BCUT2D eigenvalue weighted by molar-refractivity contribution is -0.133. The van der Waals surface area contributed by atoms with Gasteiger partial charge in [0.05, 0.1) is 12.6 Å². The van der Waals surface area contributed by atoms with E-state index >= 15 is 0 Å². The van der Waals surface area contributed by atoms with Crippen LogP contribution in [0.25, 0.3) is 0 Å². The van der Waals surface area contributed by atoms with Gasteiger partial charge < -0.3 is 10.4 Å². The summed E-state index contributed by atoms with van der Waals surface area (Å²) in [6, 6.07) is -0.349. The molecule has 100 valence electrons. The molecule has 1 aliphatic carbocycles. The molecule has 2 atom stereocenters. The topological polar surface area (TPSA) is 49.3 Å². The summed E-state index contributed by atoms with van der Waals surface area (Å²) in [5.41, 5.74) is 0. The van der Waals surface area contributed by atoms with Gasteiger partial charge in [-0.2, -0.15) is 0 Å². The van der Waals surface area contributed by atoms with Gasteiger partial charge in [-0.25, -0.2) is 8.78 Å². The third-order valence-corrected chi connectivity index (χ3v) is 3.34. The van der Waals surface area contributed by atoms with Gasteiger partial charge in [0.2, 0.25) is 11.8 Å². The maximum Gasteiger partial charge on any atom is 0.248 e. The lowest BCUT2D eigenvalue weighted by Crippen LogP contribution is -2.46. The third kappa shape index (κ3) is 4.22. The van der Waals surface area contributed by atoms with Crippen LogP contribution in [-0.4, -0.2) is 29.6 Å². The van der Waals surface area contributed by atoms with Crippen molar-refractivity contribution in [2.75, 3.05) is 6.61 Å². The molecule has 0 aliphatic heterocycles. The first-order valence-electron chi connectivity index (χ1n) is 6.15. The Labute approximate surface area is 101 Å². The lowest BCUT2D eigenvalue weighted by Gasteiger charge is -2.30. The molecule has 1 rings (SSSR count). The summed E-state index contributed by atoms with van der Waals surface area (Å²) in [4.78, 5) is 11.8. The molecule has 0 aromatic carbocycles. The Morgan fingerprint density at radius 3 is 2.65 bits per heavy atom. The smallest absolute Gasteiger partial charge is 0.248 e. The van der Waals surface area contributed by atoms with Crippen LogP contribution in [-0.2, 0) is 4.79 Å². The predicted molar refractivity (Wildman–Crippen MR) is 60.8 cm³/mol. The average molecular weight is 249 g/mol. The van der Waals surface area contributed by atoms with Crippen molar-refractivity contribution in [3.8, 4) is 0 Å². The molecular formula is C12H21F2NO2. The van der Waals surface area contributed by atoms with E-state index in [4.69, 9.17) is 5.11 Å². The summed E-state index contributed by atoms with van der Waals surface area (Å²) in [5.74, 6) is -3.59. The molecule has 0 saturated heterocycles. The van der Waals surface area contributed by atoms with Gasteiger partial charge in [-0.15, -0.1) is 0 Å². The van der Waals surface area contributed by atoms with Crippen molar-refractivity contribution in [1.29, 1.82) is 0 Å². The summed E-state index contributed by atoms with van der Waals surface area (Å²) in [6.45, 7) is 3.58. The molecule has 0 heterocycles. The minimum atomic E-state index is -2.72. The second-order valence-corrected chi connectivity index (χ2v) is 5.19. The van der Waals surface area contributed by atoms with E-state index < -0.39 is 11.8 Å². The van der Waals surface area contributed by atoms with E-state index in [1.54, 1.807) is 0 Å². The lowest BCUT2D eigenvalue weighted by atomic mass is 9.85. The number of alkyl halides is 2. The molecule has 5 heteroatoms. The number of nitrogens with one attached hydrogen (secondary N) is 1. The van der Waals surface area contributed by atoms with E-state index in [9.17, 15) is 13.6 Å². The number of amides is 1. The number of aliphatic hydroxyl groups excluding tert-OH is 1. The average Bonchev–Trinajstić information content (AvgIpc) is 2.23. The van der Waals surface area contributed by atoms with E-state index in [-0.39, 0.29) is 37.3 Å². The molecule has 0 bridgehead atoms. The standard InChI is InChI=1S/C12H21F2NO2/c1-8(2)10(7-16)15-11(17)9-4-3-5-12(13,14)6-9/h8-10,16H,3-7H2,1-2H3,(H,15,17). The number of rotatable bonds is 4. The molecule has 1 saturated carbocycles. The monoisotopic (exact) mass is 249 g/mol. The van der Waals surface area contributed by atoms with Crippen molar-refractivity contribution in [3.05, 3.63) is 0 Å². The summed E-state index contributed by atoms with van der Waals surface area (Å²) in [6.07, 6.45) is 0.410. The van der Waals surface area contributed by atoms with Gasteiger partial charge in [-0.05, 0) is 18.8 Å². The Balaban J connectivity index is 2.52. The zero-order valence-corrected chi connectivity index (χ0v) is 10.4. The molecule has 0 radical (unpaired) electrons. The maximum atomic E-state index is 13.2. The number of aliphatic hydroxyl groups is 1. The summed E-state index contributed by atoms with van der Waals surface area (Å²) < 4.78 is 26.3. The number of carbonyl (C=O) groups excluding carboxylic acids is 1. The van der Waals surface area contributed by atoms with E-state index in [0.717, 1.165) is 0 Å². The third-order valence-electron chi connectivity index (χ3n) is 3.34. The molecule has 1 aliphatic rings. The highest BCUT2D eigenvalue weighted by molar-refractivity contribution is 5.79. The van der Waals surface area contributed by atoms with Gasteiger partial charge in [0, 0.05) is 18.8 Å². The normalized spacial score (nSPS) is 25.6. The fraction of sp³-hybridized carbons (Fsp3) is 0.917. The van der Waals surface area contributed by atoms with Crippen LogP contribution in [0.3, 0.4) is 0 Å². The van der Waals surface area contributed by atoms with Gasteiger partial charge in [0.15, 0.2) is 0 Å². The minimum Gasteiger partial charge on any atom is -0.394 e. The molecule has 2 N–H and O–H groups in total. The summed E-state index contributed by atoms with van der Waals surface area (Å²) >= 11 is 0. The van der Waals surface area contributed by atoms with Crippen LogP contribution in [0.5, 0.6) is 0 Å². The Morgan fingerprint density at radius 2 is 2.18 bits per heavy atom. The van der Waals surface area contributed by atoms with Gasteiger partial charge >= 0.3 is 0 Å². The second kappa shape index (κ2) is 5.76. The van der Waals surface area contributed by atoms with Crippen LogP contribution >= 0.6 is 0 Å². The molecular weight excluding hydrogens is 228 g/mol. The van der Waals surface area contributed by atoms with Crippen molar-refractivity contribution < 1.29 is 18.7 Å². The Bertz CT molecular complexity index is 269. The van der Waals surface area contributed by atoms with Gasteiger partial charge in [-0.3, -0.25) is 4.79 Å². The fourth-order valence-electron chi connectivity index (χ4n) is 2.12. The highest BCUT2D eigenvalue weighted by Crippen LogP contribution is 2.36. The molecule has 0 aromatic rings. The SMILES string of the molecule is CC(C)C(CO)NC(=O)C1CCCC(F)(F)C1. The van der Waals surface area contributed by atoms with Gasteiger partial charge in [-0.1, -0.05) is 13.8 Å². The Kier molecular flexibility index (Phi) is 4.86. The molecule has 17 heavy (non-hydrogen) atoms. The van der Waals surface area contributed by atoms with Crippen LogP contribution in [0.15, 0.2) is 0 Å². The number of carbonyl (C=O) groups is 1. The van der Waals surface area contributed by atoms with Gasteiger partial charge in [0.25, 0.3) is 0 Å². The van der Waals surface area contributed by atoms with Crippen LogP contribution in [0, 0.1) is 11.8 Å². The molecule has 3 nitrogen and oxygen atoms in total. The fourth-order valence-corrected chi connectivity index (χ4v) is 2.12. The highest BCUT2D eigenvalue weighted by Gasteiger charge is 2.39. The van der Waals surface area contributed by atoms with E-state index in [2.05, 4.69) is 5.32 Å². The van der Waals surface area contributed by atoms with Crippen molar-refractivity contribution >= 4 is 5.91 Å². The molecule has 1 fully saturated rings. The summed E-state index contributed by atoms with van der Waals surface area (Å²) in [5, 5.41) is 11.7. The largest absolute Gasteiger partial charge is 0.394 e. The van der Waals surface area contributed by atoms with Crippen LogP contribution < -0.4 is 5.32 Å². The first kappa shape index (κ1) is 14.4. The highest BCUT2D eigenvalue weighted by atomic mass is 19.3. The number of hydrogen-bond acceptors (Lipinski definition) is 2. The molecule has 1 amide bonds. The van der Waals surface area contributed by atoms with Crippen LogP contribution in [0.2, 0.25) is 0 Å². The number of halogens is 2. The predicted octanol–water partition coefficient (Wildman–Crippen LogP) is 1.94. The van der Waals surface area contributed by atoms with E-state index in [1.165, 1.54) is 0 Å². The van der Waals surface area contributed by atoms with Crippen molar-refractivity contribution in [3.63, 3.8) is 0 Å². The molecule has 2 unspecified atom stereocenters. The van der Waals surface area contributed by atoms with Crippen molar-refractivity contribution in [2.45, 2.75) is 51.5 Å². The van der Waals surface area contributed by atoms with E-state index in [1.807, 2.05) is 13.8 Å². The summed E-state index contributed by atoms with van der Waals surface area (Å²) in [7, 11) is 0. The zero-order valence-electron chi connectivity index (χ0n) is 10.4. The first-order valence-corrected chi connectivity index (χ1v) is 6.15. The zero-order chi connectivity index (χ0) is 13.1. The van der Waals surface area contributed by atoms with Crippen LogP contribution in [0.4, 0.5) is 8.78 Å². The molecule has 0 aromatic heterocycles. The minimum absolute atomic E-state index is 0.0908. The van der Waals surface area contributed by atoms with Crippen molar-refractivity contribution in [1.82, 2.24) is 5.32 Å². The second-order valence-electron chi connectivity index (χ2n) is 5.19. The Hall–Kier alpha value is -0.710. The van der Waals surface area contributed by atoms with Crippen LogP contribution in [0.1, 0.15) is 39.5 Å². The van der Waals surface area contributed by atoms with Gasteiger partial charge in [0.1, 0.15) is 0 Å². The first-order chi connectivity index (χ1) is 7.85. The number of hydrogen-bond donors (Lipinski definition) is 2.